The molecule has 0 saturated carbocycles. The molecule has 0 bridgehead atoms. The van der Waals surface area contributed by atoms with E-state index in [4.69, 9.17) is 9.47 Å². The standard InChI is InChI=1S/C19H16N4O3/c1-25-17-21-15(22-18(23-17)26-2)19(12-8-4-3-5-9-12)13-10-6-7-11-14(13)20-16(19)24/h3-11H,1-2H3,(H,20,24). The van der Waals surface area contributed by atoms with Gasteiger partial charge in [-0.05, 0) is 11.6 Å². The molecule has 7 heteroatoms. The smallest absolute Gasteiger partial charge is 0.322 e. The molecule has 2 aromatic carbocycles. The van der Waals surface area contributed by atoms with Gasteiger partial charge >= 0.3 is 12.0 Å². The third-order valence-corrected chi connectivity index (χ3v) is 4.42. The zero-order chi connectivity index (χ0) is 18.1. The number of fused-ring (bicyclic) bond motifs is 1. The Kier molecular flexibility index (Phi) is 3.76. The van der Waals surface area contributed by atoms with Gasteiger partial charge < -0.3 is 14.8 Å². The molecule has 0 spiro atoms. The zero-order valence-corrected chi connectivity index (χ0v) is 14.3. The van der Waals surface area contributed by atoms with Crippen molar-refractivity contribution in [2.75, 3.05) is 19.5 Å². The molecular formula is C19H16N4O3. The maximum Gasteiger partial charge on any atom is 0.322 e. The van der Waals surface area contributed by atoms with Gasteiger partial charge in [-0.15, -0.1) is 4.98 Å². The minimum Gasteiger partial charge on any atom is -0.467 e. The lowest BCUT2D eigenvalue weighted by molar-refractivity contribution is -0.118. The van der Waals surface area contributed by atoms with Gasteiger partial charge in [0.1, 0.15) is 0 Å². The van der Waals surface area contributed by atoms with Crippen LogP contribution in [0.3, 0.4) is 0 Å². The van der Waals surface area contributed by atoms with E-state index < -0.39 is 5.41 Å². The minimum atomic E-state index is -1.22. The van der Waals surface area contributed by atoms with Crippen molar-refractivity contribution in [2.45, 2.75) is 5.41 Å². The first-order chi connectivity index (χ1) is 12.7. The highest BCUT2D eigenvalue weighted by atomic mass is 16.5. The van der Waals surface area contributed by atoms with Crippen LogP contribution in [0.1, 0.15) is 17.0 Å². The van der Waals surface area contributed by atoms with Gasteiger partial charge in [0.15, 0.2) is 11.2 Å². The molecule has 0 fully saturated rings. The number of benzene rings is 2. The van der Waals surface area contributed by atoms with Gasteiger partial charge in [0.2, 0.25) is 5.91 Å². The van der Waals surface area contributed by atoms with E-state index in [0.29, 0.717) is 0 Å². The monoisotopic (exact) mass is 348 g/mol. The van der Waals surface area contributed by atoms with E-state index in [9.17, 15) is 4.79 Å². The Hall–Kier alpha value is -3.48. The molecule has 7 nitrogen and oxygen atoms in total. The largest absolute Gasteiger partial charge is 0.467 e. The number of hydrogen-bond donors (Lipinski definition) is 1. The Balaban J connectivity index is 2.08. The average molecular weight is 348 g/mol. The highest BCUT2D eigenvalue weighted by Gasteiger charge is 2.52. The second kappa shape index (κ2) is 6.11. The van der Waals surface area contributed by atoms with Crippen molar-refractivity contribution in [2.24, 2.45) is 0 Å². The second-order valence-electron chi connectivity index (χ2n) is 5.75. The van der Waals surface area contributed by atoms with Crippen LogP contribution in [0.5, 0.6) is 12.0 Å². The quantitative estimate of drug-likeness (QED) is 0.778. The molecule has 1 aliphatic rings. The summed E-state index contributed by atoms with van der Waals surface area (Å²) < 4.78 is 10.4. The molecule has 0 aliphatic carbocycles. The van der Waals surface area contributed by atoms with Crippen molar-refractivity contribution in [1.29, 1.82) is 0 Å². The topological polar surface area (TPSA) is 86.2 Å². The molecule has 1 unspecified atom stereocenters. The number of amides is 1. The summed E-state index contributed by atoms with van der Waals surface area (Å²) in [4.78, 5) is 26.1. The van der Waals surface area contributed by atoms with Gasteiger partial charge in [0.05, 0.1) is 14.2 Å². The van der Waals surface area contributed by atoms with Crippen molar-refractivity contribution in [3.05, 3.63) is 71.5 Å². The number of nitrogens with zero attached hydrogens (tertiary/aromatic N) is 3. The number of rotatable bonds is 4. The summed E-state index contributed by atoms with van der Waals surface area (Å²) in [6.07, 6.45) is 0. The lowest BCUT2D eigenvalue weighted by atomic mass is 9.74. The van der Waals surface area contributed by atoms with Gasteiger partial charge in [-0.1, -0.05) is 48.5 Å². The Morgan fingerprint density at radius 3 is 2.12 bits per heavy atom. The summed E-state index contributed by atoms with van der Waals surface area (Å²) in [5.41, 5.74) is 1.02. The molecule has 2 heterocycles. The minimum absolute atomic E-state index is 0.0827. The average Bonchev–Trinajstić information content (AvgIpc) is 3.00. The van der Waals surface area contributed by atoms with E-state index in [1.165, 1.54) is 14.2 Å². The van der Waals surface area contributed by atoms with Crippen LogP contribution < -0.4 is 14.8 Å². The SMILES string of the molecule is COc1nc(OC)nc(C2(c3ccccc3)C(=O)Nc3ccccc32)n1. The van der Waals surface area contributed by atoms with E-state index in [2.05, 4.69) is 20.3 Å². The van der Waals surface area contributed by atoms with Gasteiger partial charge in [0, 0.05) is 11.3 Å². The molecule has 3 aromatic rings. The molecule has 1 N–H and O–H groups in total. The van der Waals surface area contributed by atoms with Crippen molar-refractivity contribution >= 4 is 11.6 Å². The number of ether oxygens (including phenoxy) is 2. The summed E-state index contributed by atoms with van der Waals surface area (Å²) in [6, 6.07) is 17.1. The molecule has 1 aromatic heterocycles. The van der Waals surface area contributed by atoms with Gasteiger partial charge in [-0.25, -0.2) is 0 Å². The van der Waals surface area contributed by atoms with Gasteiger partial charge in [-0.2, -0.15) is 9.97 Å². The first kappa shape index (κ1) is 16.0. The molecule has 0 radical (unpaired) electrons. The van der Waals surface area contributed by atoms with Crippen molar-refractivity contribution in [3.8, 4) is 12.0 Å². The predicted octanol–water partition coefficient (Wildman–Crippen LogP) is 2.18. The maximum absolute atomic E-state index is 13.3. The van der Waals surface area contributed by atoms with Gasteiger partial charge in [-0.3, -0.25) is 4.79 Å². The first-order valence-electron chi connectivity index (χ1n) is 8.01. The normalized spacial score (nSPS) is 18.2. The summed E-state index contributed by atoms with van der Waals surface area (Å²) in [5.74, 6) is 0.00931. The Morgan fingerprint density at radius 2 is 1.46 bits per heavy atom. The highest BCUT2D eigenvalue weighted by molar-refractivity contribution is 6.10. The summed E-state index contributed by atoms with van der Waals surface area (Å²) in [5, 5.41) is 2.94. The Morgan fingerprint density at radius 1 is 0.846 bits per heavy atom. The molecule has 4 rings (SSSR count). The zero-order valence-electron chi connectivity index (χ0n) is 14.3. The number of carbonyl (C=O) groups is 1. The van der Waals surface area contributed by atoms with Crippen LogP contribution >= 0.6 is 0 Å². The number of nitrogens with one attached hydrogen (secondary N) is 1. The van der Waals surface area contributed by atoms with E-state index >= 15 is 0 Å². The summed E-state index contributed by atoms with van der Waals surface area (Å²) in [6.45, 7) is 0. The fraction of sp³-hybridized carbons (Fsp3) is 0.158. The number of anilines is 1. The fourth-order valence-corrected chi connectivity index (χ4v) is 3.27. The fourth-order valence-electron chi connectivity index (χ4n) is 3.27. The third-order valence-electron chi connectivity index (χ3n) is 4.42. The molecule has 1 aliphatic heterocycles. The van der Waals surface area contributed by atoms with Crippen LogP contribution in [0.25, 0.3) is 0 Å². The van der Waals surface area contributed by atoms with Crippen LogP contribution in [0.15, 0.2) is 54.6 Å². The lowest BCUT2D eigenvalue weighted by Gasteiger charge is -2.26. The van der Waals surface area contributed by atoms with Crippen LogP contribution in [0, 0.1) is 0 Å². The number of carbonyl (C=O) groups excluding carboxylic acids is 1. The van der Waals surface area contributed by atoms with E-state index in [-0.39, 0.29) is 23.8 Å². The number of hydrogen-bond acceptors (Lipinski definition) is 6. The molecule has 1 amide bonds. The second-order valence-corrected chi connectivity index (χ2v) is 5.75. The molecular weight excluding hydrogens is 332 g/mol. The number of methoxy groups -OCH3 is 2. The summed E-state index contributed by atoms with van der Waals surface area (Å²) in [7, 11) is 2.91. The van der Waals surface area contributed by atoms with Gasteiger partial charge in [0.25, 0.3) is 0 Å². The molecule has 26 heavy (non-hydrogen) atoms. The van der Waals surface area contributed by atoms with Crippen LogP contribution in [0.4, 0.5) is 5.69 Å². The lowest BCUT2D eigenvalue weighted by Crippen LogP contribution is -2.39. The van der Waals surface area contributed by atoms with E-state index in [0.717, 1.165) is 16.8 Å². The van der Waals surface area contributed by atoms with Crippen LogP contribution in [-0.4, -0.2) is 35.1 Å². The highest BCUT2D eigenvalue weighted by Crippen LogP contribution is 2.46. The molecule has 1 atom stereocenters. The van der Waals surface area contributed by atoms with Crippen molar-refractivity contribution in [3.63, 3.8) is 0 Å². The van der Waals surface area contributed by atoms with Crippen molar-refractivity contribution in [1.82, 2.24) is 15.0 Å². The van der Waals surface area contributed by atoms with Crippen molar-refractivity contribution < 1.29 is 14.3 Å². The van der Waals surface area contributed by atoms with Crippen LogP contribution in [-0.2, 0) is 10.2 Å². The maximum atomic E-state index is 13.3. The Bertz CT molecular complexity index is 955. The van der Waals surface area contributed by atoms with Crippen LogP contribution in [0.2, 0.25) is 0 Å². The molecule has 0 saturated heterocycles. The number of aromatic nitrogens is 3. The van der Waals surface area contributed by atoms with E-state index in [1.807, 2.05) is 54.6 Å². The Labute approximate surface area is 150 Å². The summed E-state index contributed by atoms with van der Waals surface area (Å²) >= 11 is 0. The number of para-hydroxylation sites is 1. The first-order valence-corrected chi connectivity index (χ1v) is 8.01. The molecule has 130 valence electrons. The predicted molar refractivity (Wildman–Crippen MR) is 94.3 cm³/mol. The van der Waals surface area contributed by atoms with E-state index in [1.54, 1.807) is 0 Å². The third kappa shape index (κ3) is 2.21.